The molecule has 0 aliphatic carbocycles. The third kappa shape index (κ3) is 3.44. The Kier molecular flexibility index (Phi) is 4.59. The molecule has 1 amide bonds. The summed E-state index contributed by atoms with van der Waals surface area (Å²) in [6.45, 7) is 1.87. The summed E-state index contributed by atoms with van der Waals surface area (Å²) in [5, 5.41) is 3.50. The number of thiazole rings is 1. The molecule has 3 nitrogen and oxygen atoms in total. The van der Waals surface area contributed by atoms with Crippen molar-refractivity contribution < 1.29 is 13.6 Å². The van der Waals surface area contributed by atoms with Crippen molar-refractivity contribution in [1.29, 1.82) is 0 Å². The van der Waals surface area contributed by atoms with Crippen LogP contribution in [0.4, 0.5) is 13.9 Å². The first-order valence-electron chi connectivity index (χ1n) is 6.94. The molecule has 0 bridgehead atoms. The zero-order valence-electron chi connectivity index (χ0n) is 12.4. The van der Waals surface area contributed by atoms with Gasteiger partial charge in [-0.15, -0.1) is 11.3 Å². The average Bonchev–Trinajstić information content (AvgIpc) is 2.88. The number of nitrogens with one attached hydrogen (secondary N) is 1. The van der Waals surface area contributed by atoms with Crippen molar-refractivity contribution in [3.05, 3.63) is 69.6 Å². The van der Waals surface area contributed by atoms with Crippen LogP contribution in [0.2, 0.25) is 5.02 Å². The van der Waals surface area contributed by atoms with Crippen molar-refractivity contribution in [3.63, 3.8) is 0 Å². The number of halogens is 3. The van der Waals surface area contributed by atoms with Gasteiger partial charge < -0.3 is 0 Å². The third-order valence-corrected chi connectivity index (χ3v) is 4.45. The van der Waals surface area contributed by atoms with E-state index in [0.29, 0.717) is 21.9 Å². The summed E-state index contributed by atoms with van der Waals surface area (Å²) in [7, 11) is 0. The van der Waals surface area contributed by atoms with Gasteiger partial charge >= 0.3 is 0 Å². The van der Waals surface area contributed by atoms with Crippen molar-refractivity contribution in [2.24, 2.45) is 0 Å². The van der Waals surface area contributed by atoms with Crippen molar-refractivity contribution >= 4 is 34.0 Å². The third-order valence-electron chi connectivity index (χ3n) is 3.31. The summed E-state index contributed by atoms with van der Waals surface area (Å²) >= 11 is 7.14. The lowest BCUT2D eigenvalue weighted by atomic mass is 10.1. The number of carbonyl (C=O) groups excluding carboxylic acids is 1. The highest BCUT2D eigenvalue weighted by molar-refractivity contribution is 7.16. The molecule has 0 radical (unpaired) electrons. The molecule has 1 heterocycles. The Hall–Kier alpha value is -2.31. The second-order valence-electron chi connectivity index (χ2n) is 5.01. The molecule has 122 valence electrons. The molecule has 0 saturated heterocycles. The molecule has 2 aromatic carbocycles. The number of hydrogen-bond acceptors (Lipinski definition) is 3. The van der Waals surface area contributed by atoms with Crippen LogP contribution in [-0.2, 0) is 0 Å². The SMILES string of the molecule is Cc1sc(NC(=O)c2ccc(F)cc2F)nc1-c1ccc(Cl)cc1. The van der Waals surface area contributed by atoms with Crippen molar-refractivity contribution in [2.75, 3.05) is 5.32 Å². The predicted molar refractivity (Wildman–Crippen MR) is 91.6 cm³/mol. The summed E-state index contributed by atoms with van der Waals surface area (Å²) in [6.07, 6.45) is 0. The van der Waals surface area contributed by atoms with Gasteiger partial charge in [0.2, 0.25) is 0 Å². The van der Waals surface area contributed by atoms with Gasteiger partial charge in [0.05, 0.1) is 11.3 Å². The molecule has 0 spiro atoms. The number of amides is 1. The summed E-state index contributed by atoms with van der Waals surface area (Å²) in [4.78, 5) is 17.4. The van der Waals surface area contributed by atoms with Gasteiger partial charge in [-0.1, -0.05) is 23.7 Å². The van der Waals surface area contributed by atoms with Crippen LogP contribution in [0.3, 0.4) is 0 Å². The molecule has 24 heavy (non-hydrogen) atoms. The van der Waals surface area contributed by atoms with Crippen molar-refractivity contribution in [2.45, 2.75) is 6.92 Å². The number of carbonyl (C=O) groups is 1. The number of rotatable bonds is 3. The molecule has 0 saturated carbocycles. The number of benzene rings is 2. The Labute approximate surface area is 145 Å². The van der Waals surface area contributed by atoms with E-state index in [0.717, 1.165) is 22.6 Å². The van der Waals surface area contributed by atoms with Gasteiger partial charge in [-0.2, -0.15) is 0 Å². The number of aromatic nitrogens is 1. The average molecular weight is 365 g/mol. The lowest BCUT2D eigenvalue weighted by molar-refractivity contribution is 0.102. The van der Waals surface area contributed by atoms with Crippen LogP contribution < -0.4 is 5.32 Å². The lowest BCUT2D eigenvalue weighted by Crippen LogP contribution is -2.13. The minimum atomic E-state index is -0.918. The normalized spacial score (nSPS) is 10.7. The maximum Gasteiger partial charge on any atom is 0.260 e. The maximum absolute atomic E-state index is 13.7. The van der Waals surface area contributed by atoms with E-state index >= 15 is 0 Å². The monoisotopic (exact) mass is 364 g/mol. The van der Waals surface area contributed by atoms with E-state index in [9.17, 15) is 13.6 Å². The Bertz CT molecular complexity index is 909. The van der Waals surface area contributed by atoms with Crippen LogP contribution in [-0.4, -0.2) is 10.9 Å². The molecule has 0 unspecified atom stereocenters. The Balaban J connectivity index is 1.85. The van der Waals surface area contributed by atoms with E-state index in [1.165, 1.54) is 11.3 Å². The fourth-order valence-electron chi connectivity index (χ4n) is 2.16. The Morgan fingerprint density at radius 1 is 1.17 bits per heavy atom. The highest BCUT2D eigenvalue weighted by Crippen LogP contribution is 2.31. The second kappa shape index (κ2) is 6.67. The van der Waals surface area contributed by atoms with Crippen LogP contribution in [0.25, 0.3) is 11.3 Å². The first-order valence-corrected chi connectivity index (χ1v) is 8.13. The number of hydrogen-bond donors (Lipinski definition) is 1. The number of nitrogens with zero attached hydrogens (tertiary/aromatic N) is 1. The van der Waals surface area contributed by atoms with Crippen molar-refractivity contribution in [1.82, 2.24) is 4.98 Å². The summed E-state index contributed by atoms with van der Waals surface area (Å²) < 4.78 is 26.6. The number of anilines is 1. The molecule has 0 aliphatic heterocycles. The fraction of sp³-hybridized carbons (Fsp3) is 0.0588. The minimum absolute atomic E-state index is 0.239. The Morgan fingerprint density at radius 2 is 1.88 bits per heavy atom. The van der Waals surface area contributed by atoms with Crippen LogP contribution in [0.1, 0.15) is 15.2 Å². The van der Waals surface area contributed by atoms with E-state index in [4.69, 9.17) is 11.6 Å². The molecule has 7 heteroatoms. The van der Waals surface area contributed by atoms with Crippen LogP contribution in [0.5, 0.6) is 0 Å². The predicted octanol–water partition coefficient (Wildman–Crippen LogP) is 5.30. The standard InChI is InChI=1S/C17H11ClF2N2OS/c1-9-15(10-2-4-11(18)5-3-10)21-17(24-9)22-16(23)13-7-6-12(19)8-14(13)20/h2-8H,1H3,(H,21,22,23). The van der Waals surface area contributed by atoms with Gasteiger partial charge in [0.15, 0.2) is 5.13 Å². The second-order valence-corrected chi connectivity index (χ2v) is 6.65. The molecule has 1 aromatic heterocycles. The van der Waals surface area contributed by atoms with Gasteiger partial charge in [0.25, 0.3) is 5.91 Å². The van der Waals surface area contributed by atoms with E-state index in [2.05, 4.69) is 10.3 Å². The molecular weight excluding hydrogens is 354 g/mol. The van der Waals surface area contributed by atoms with E-state index in [-0.39, 0.29) is 5.56 Å². The first-order chi connectivity index (χ1) is 11.4. The van der Waals surface area contributed by atoms with Crippen LogP contribution in [0.15, 0.2) is 42.5 Å². The molecule has 0 fully saturated rings. The van der Waals surface area contributed by atoms with E-state index in [1.54, 1.807) is 12.1 Å². The van der Waals surface area contributed by atoms with E-state index in [1.807, 2.05) is 19.1 Å². The maximum atomic E-state index is 13.7. The van der Waals surface area contributed by atoms with Crippen molar-refractivity contribution in [3.8, 4) is 11.3 Å². The quantitative estimate of drug-likeness (QED) is 0.685. The van der Waals surface area contributed by atoms with Gasteiger partial charge in [0, 0.05) is 21.5 Å². The fourth-order valence-corrected chi connectivity index (χ4v) is 3.12. The van der Waals surface area contributed by atoms with Crippen LogP contribution in [0, 0.1) is 18.6 Å². The van der Waals surface area contributed by atoms with Gasteiger partial charge in [-0.05, 0) is 31.2 Å². The largest absolute Gasteiger partial charge is 0.298 e. The molecule has 1 N–H and O–H groups in total. The number of aryl methyl sites for hydroxylation is 1. The van der Waals surface area contributed by atoms with Crippen LogP contribution >= 0.6 is 22.9 Å². The molecule has 0 aliphatic rings. The molecule has 3 rings (SSSR count). The highest BCUT2D eigenvalue weighted by atomic mass is 35.5. The summed E-state index contributed by atoms with van der Waals surface area (Å²) in [5.41, 5.74) is 1.34. The lowest BCUT2D eigenvalue weighted by Gasteiger charge is -2.03. The molecular formula is C17H11ClF2N2OS. The Morgan fingerprint density at radius 3 is 2.54 bits per heavy atom. The zero-order chi connectivity index (χ0) is 17.3. The van der Waals surface area contributed by atoms with Gasteiger partial charge in [-0.25, -0.2) is 13.8 Å². The topological polar surface area (TPSA) is 42.0 Å². The zero-order valence-corrected chi connectivity index (χ0v) is 14.0. The highest BCUT2D eigenvalue weighted by Gasteiger charge is 2.16. The molecule has 0 atom stereocenters. The smallest absolute Gasteiger partial charge is 0.260 e. The summed E-state index contributed by atoms with van der Waals surface area (Å²) in [6, 6.07) is 9.96. The first kappa shape index (κ1) is 16.5. The summed E-state index contributed by atoms with van der Waals surface area (Å²) in [5.74, 6) is -2.33. The molecule has 3 aromatic rings. The van der Waals surface area contributed by atoms with Gasteiger partial charge in [-0.3, -0.25) is 10.1 Å². The minimum Gasteiger partial charge on any atom is -0.298 e. The van der Waals surface area contributed by atoms with Gasteiger partial charge in [0.1, 0.15) is 11.6 Å². The van der Waals surface area contributed by atoms with E-state index < -0.39 is 17.5 Å².